The summed E-state index contributed by atoms with van der Waals surface area (Å²) in [4.78, 5) is 13.3. The van der Waals surface area contributed by atoms with Gasteiger partial charge in [0.25, 0.3) is 0 Å². The van der Waals surface area contributed by atoms with Gasteiger partial charge >= 0.3 is 0 Å². The van der Waals surface area contributed by atoms with E-state index in [1.807, 2.05) is 43.3 Å². The number of nitrogen functional groups attached to an aromatic ring is 1. The van der Waals surface area contributed by atoms with Gasteiger partial charge in [-0.1, -0.05) is 35.3 Å². The first-order chi connectivity index (χ1) is 14.0. The van der Waals surface area contributed by atoms with Crippen LogP contribution in [0.15, 0.2) is 48.8 Å². The number of benzene rings is 2. The first-order valence-electron chi connectivity index (χ1n) is 9.41. The molecule has 3 N–H and O–H groups in total. The molecule has 1 aliphatic rings. The Morgan fingerprint density at radius 2 is 1.69 bits per heavy atom. The third-order valence-corrected chi connectivity index (χ3v) is 5.78. The maximum atomic E-state index is 6.42. The summed E-state index contributed by atoms with van der Waals surface area (Å²) in [5.41, 5.74) is 9.91. The van der Waals surface area contributed by atoms with Gasteiger partial charge in [-0.25, -0.2) is 9.97 Å². The van der Waals surface area contributed by atoms with Gasteiger partial charge in [0.1, 0.15) is 12.0 Å². The van der Waals surface area contributed by atoms with Gasteiger partial charge in [-0.3, -0.25) is 0 Å². The highest BCUT2D eigenvalue weighted by atomic mass is 35.5. The van der Waals surface area contributed by atoms with E-state index in [-0.39, 0.29) is 0 Å². The van der Waals surface area contributed by atoms with Crippen LogP contribution in [0, 0.1) is 6.92 Å². The van der Waals surface area contributed by atoms with Crippen molar-refractivity contribution in [1.82, 2.24) is 9.97 Å². The van der Waals surface area contributed by atoms with Crippen molar-refractivity contribution in [2.45, 2.75) is 6.92 Å². The van der Waals surface area contributed by atoms with E-state index in [1.54, 1.807) is 0 Å². The van der Waals surface area contributed by atoms with Gasteiger partial charge in [-0.2, -0.15) is 0 Å². The molecule has 3 aromatic rings. The highest BCUT2D eigenvalue weighted by molar-refractivity contribution is 6.31. The van der Waals surface area contributed by atoms with E-state index in [9.17, 15) is 0 Å². The fraction of sp³-hybridized carbons (Fsp3) is 0.238. The average molecular weight is 429 g/mol. The van der Waals surface area contributed by atoms with Gasteiger partial charge in [0, 0.05) is 47.6 Å². The Kier molecular flexibility index (Phi) is 5.65. The number of nitrogens with zero attached hydrogens (tertiary/aromatic N) is 4. The van der Waals surface area contributed by atoms with E-state index < -0.39 is 0 Å². The van der Waals surface area contributed by atoms with Crippen molar-refractivity contribution in [2.75, 3.05) is 47.0 Å². The molecule has 2 heterocycles. The zero-order chi connectivity index (χ0) is 20.4. The lowest BCUT2D eigenvalue weighted by Crippen LogP contribution is -2.47. The van der Waals surface area contributed by atoms with E-state index in [4.69, 9.17) is 28.9 Å². The van der Waals surface area contributed by atoms with Gasteiger partial charge in [0.2, 0.25) is 0 Å². The molecule has 0 amide bonds. The predicted molar refractivity (Wildman–Crippen MR) is 122 cm³/mol. The minimum atomic E-state index is 0.531. The summed E-state index contributed by atoms with van der Waals surface area (Å²) in [7, 11) is 0. The Bertz CT molecular complexity index is 1020. The van der Waals surface area contributed by atoms with Crippen LogP contribution in [0.3, 0.4) is 0 Å². The van der Waals surface area contributed by atoms with Crippen LogP contribution in [-0.2, 0) is 0 Å². The highest BCUT2D eigenvalue weighted by Crippen LogP contribution is 2.32. The molecule has 1 fully saturated rings. The van der Waals surface area contributed by atoms with Crippen LogP contribution < -0.4 is 20.9 Å². The largest absolute Gasteiger partial charge is 0.393 e. The molecule has 0 aliphatic carbocycles. The van der Waals surface area contributed by atoms with Crippen molar-refractivity contribution in [3.05, 3.63) is 64.4 Å². The molecule has 1 saturated heterocycles. The number of nitrogens with one attached hydrogen (secondary N) is 1. The minimum absolute atomic E-state index is 0.531. The molecule has 1 aromatic heterocycles. The SMILES string of the molecule is Cc1c(Cl)cccc1Nc1ncnc(N2CCN(c3cccc(Cl)c3)CC2)c1N. The number of aromatic nitrogens is 2. The van der Waals surface area contributed by atoms with E-state index in [1.165, 1.54) is 6.33 Å². The van der Waals surface area contributed by atoms with Crippen molar-refractivity contribution in [1.29, 1.82) is 0 Å². The first-order valence-corrected chi connectivity index (χ1v) is 10.2. The lowest BCUT2D eigenvalue weighted by molar-refractivity contribution is 0.647. The van der Waals surface area contributed by atoms with Crippen LogP contribution in [0.1, 0.15) is 5.56 Å². The molecule has 8 heteroatoms. The zero-order valence-corrected chi connectivity index (χ0v) is 17.6. The standard InChI is InChI=1S/C21H22Cl2N6/c1-14-17(23)6-3-7-18(14)27-20-19(24)21(26-13-25-20)29-10-8-28(9-11-29)16-5-2-4-15(22)12-16/h2-7,12-13H,8-11,24H2,1H3,(H,25,26,27). The maximum absolute atomic E-state index is 6.42. The Hall–Kier alpha value is -2.70. The van der Waals surface area contributed by atoms with E-state index in [0.29, 0.717) is 16.5 Å². The molecule has 2 aromatic carbocycles. The van der Waals surface area contributed by atoms with Crippen LogP contribution in [-0.4, -0.2) is 36.1 Å². The summed E-state index contributed by atoms with van der Waals surface area (Å²) >= 11 is 12.4. The van der Waals surface area contributed by atoms with Crippen LogP contribution >= 0.6 is 23.2 Å². The molecule has 0 bridgehead atoms. The lowest BCUT2D eigenvalue weighted by Gasteiger charge is -2.37. The Morgan fingerprint density at radius 3 is 2.45 bits per heavy atom. The monoisotopic (exact) mass is 428 g/mol. The number of anilines is 5. The maximum Gasteiger partial charge on any atom is 0.159 e. The van der Waals surface area contributed by atoms with Crippen LogP contribution in [0.5, 0.6) is 0 Å². The number of rotatable bonds is 4. The Labute approximate surface area is 180 Å². The highest BCUT2D eigenvalue weighted by Gasteiger charge is 2.22. The molecule has 4 rings (SSSR count). The van der Waals surface area contributed by atoms with Gasteiger partial charge in [0.05, 0.1) is 0 Å². The van der Waals surface area contributed by atoms with Crippen LogP contribution in [0.4, 0.5) is 28.7 Å². The average Bonchev–Trinajstić information content (AvgIpc) is 2.73. The van der Waals surface area contributed by atoms with E-state index >= 15 is 0 Å². The molecule has 0 spiro atoms. The molecule has 0 unspecified atom stereocenters. The molecule has 6 nitrogen and oxygen atoms in total. The van der Waals surface area contributed by atoms with Crippen molar-refractivity contribution < 1.29 is 0 Å². The van der Waals surface area contributed by atoms with Crippen molar-refractivity contribution in [3.8, 4) is 0 Å². The lowest BCUT2D eigenvalue weighted by atomic mass is 10.2. The smallest absolute Gasteiger partial charge is 0.159 e. The summed E-state index contributed by atoms with van der Waals surface area (Å²) in [6.45, 7) is 5.30. The second-order valence-corrected chi connectivity index (χ2v) is 7.79. The molecule has 0 saturated carbocycles. The first kappa shape index (κ1) is 19.6. The molecular weight excluding hydrogens is 407 g/mol. The normalized spacial score (nSPS) is 14.2. The zero-order valence-electron chi connectivity index (χ0n) is 16.1. The number of hydrogen-bond acceptors (Lipinski definition) is 6. The van der Waals surface area contributed by atoms with Gasteiger partial charge in [0.15, 0.2) is 11.6 Å². The topological polar surface area (TPSA) is 70.3 Å². The van der Waals surface area contributed by atoms with Crippen LogP contribution in [0.25, 0.3) is 0 Å². The number of piperazine rings is 1. The van der Waals surface area contributed by atoms with E-state index in [2.05, 4.69) is 31.2 Å². The number of halogens is 2. The molecule has 1 aliphatic heterocycles. The molecular formula is C21H22Cl2N6. The van der Waals surface area contributed by atoms with Crippen molar-refractivity contribution in [3.63, 3.8) is 0 Å². The number of nitrogens with two attached hydrogens (primary N) is 1. The summed E-state index contributed by atoms with van der Waals surface area (Å²) in [6.07, 6.45) is 1.54. The minimum Gasteiger partial charge on any atom is -0.393 e. The second-order valence-electron chi connectivity index (χ2n) is 6.95. The predicted octanol–water partition coefficient (Wildman–Crippen LogP) is 4.74. The third kappa shape index (κ3) is 4.18. The molecule has 29 heavy (non-hydrogen) atoms. The summed E-state index contributed by atoms with van der Waals surface area (Å²) in [5.74, 6) is 1.32. The summed E-state index contributed by atoms with van der Waals surface area (Å²) in [6, 6.07) is 13.6. The van der Waals surface area contributed by atoms with E-state index in [0.717, 1.165) is 54.0 Å². The van der Waals surface area contributed by atoms with Crippen molar-refractivity contribution >= 4 is 51.9 Å². The van der Waals surface area contributed by atoms with Gasteiger partial charge in [-0.05, 0) is 42.8 Å². The van der Waals surface area contributed by atoms with Gasteiger partial charge in [-0.15, -0.1) is 0 Å². The Morgan fingerprint density at radius 1 is 0.966 bits per heavy atom. The molecule has 150 valence electrons. The number of hydrogen-bond donors (Lipinski definition) is 2. The fourth-order valence-corrected chi connectivity index (χ4v) is 3.82. The second kappa shape index (κ2) is 8.35. The summed E-state index contributed by atoms with van der Waals surface area (Å²) in [5, 5.41) is 4.73. The molecule has 0 radical (unpaired) electrons. The third-order valence-electron chi connectivity index (χ3n) is 5.14. The molecule has 0 atom stereocenters. The fourth-order valence-electron chi connectivity index (χ4n) is 3.46. The summed E-state index contributed by atoms with van der Waals surface area (Å²) < 4.78 is 0. The Balaban J connectivity index is 1.50. The van der Waals surface area contributed by atoms with Crippen LogP contribution in [0.2, 0.25) is 10.0 Å². The van der Waals surface area contributed by atoms with Crippen molar-refractivity contribution in [2.24, 2.45) is 0 Å². The quantitative estimate of drug-likeness (QED) is 0.624. The van der Waals surface area contributed by atoms with Gasteiger partial charge < -0.3 is 20.9 Å².